The highest BCUT2D eigenvalue weighted by Gasteiger charge is 1.94. The highest BCUT2D eigenvalue weighted by atomic mass is 16.1. The van der Waals surface area contributed by atoms with E-state index >= 15 is 0 Å². The number of rotatable bonds is 4. The molecule has 0 N–H and O–H groups in total. The molecule has 2 radical (unpaired) electrons. The fraction of sp³-hybridized carbons (Fsp3) is 0.571. The van der Waals surface area contributed by atoms with Gasteiger partial charge in [0.15, 0.2) is 0 Å². The molecule has 46 valence electrons. The maximum Gasteiger partial charge on any atom is 0.136 e. The molecule has 0 spiro atoms. The second-order valence-corrected chi connectivity index (χ2v) is 1.67. The van der Waals surface area contributed by atoms with Crippen LogP contribution in [0, 0.1) is 13.3 Å². The van der Waals surface area contributed by atoms with Gasteiger partial charge in [0.2, 0.25) is 0 Å². The third-order valence-electron chi connectivity index (χ3n) is 0.925. The molecule has 0 aromatic carbocycles. The first kappa shape index (κ1) is 7.67. The molecule has 1 heteroatoms. The number of carbonyl (C=O) groups is 1. The van der Waals surface area contributed by atoms with Gasteiger partial charge in [0.25, 0.3) is 0 Å². The Bertz CT molecular complexity index is 66.8. The Morgan fingerprint density at radius 1 is 1.75 bits per heavy atom. The van der Waals surface area contributed by atoms with E-state index in [0.29, 0.717) is 6.42 Å². The summed E-state index contributed by atoms with van der Waals surface area (Å²) in [6.07, 6.45) is 3.98. The zero-order valence-electron chi connectivity index (χ0n) is 5.31. The summed E-state index contributed by atoms with van der Waals surface area (Å²) < 4.78 is 0. The van der Waals surface area contributed by atoms with E-state index < -0.39 is 0 Å². The summed E-state index contributed by atoms with van der Waals surface area (Å²) in [6.45, 7) is 5.47. The summed E-state index contributed by atoms with van der Waals surface area (Å²) in [5, 5.41) is 0. The molecule has 0 aliphatic heterocycles. The predicted octanol–water partition coefficient (Wildman–Crippen LogP) is 1.78. The summed E-state index contributed by atoms with van der Waals surface area (Å²) in [7, 11) is 0. The van der Waals surface area contributed by atoms with Gasteiger partial charge >= 0.3 is 0 Å². The summed E-state index contributed by atoms with van der Waals surface area (Å²) in [5.74, 6) is 0.230. The van der Waals surface area contributed by atoms with Gasteiger partial charge in [0, 0.05) is 12.8 Å². The number of hydrogen-bond acceptors (Lipinski definition) is 1. The fourth-order valence-electron chi connectivity index (χ4n) is 0.407. The van der Waals surface area contributed by atoms with Crippen molar-refractivity contribution in [2.24, 2.45) is 0 Å². The Balaban J connectivity index is 2.99. The highest BCUT2D eigenvalue weighted by molar-refractivity contribution is 5.86. The van der Waals surface area contributed by atoms with Crippen molar-refractivity contribution in [1.82, 2.24) is 0 Å². The summed E-state index contributed by atoms with van der Waals surface area (Å²) in [4.78, 5) is 10.5. The number of Topliss-reactive ketones (excluding diaryl/α,β-unsaturated/α-hetero) is 1. The van der Waals surface area contributed by atoms with Crippen molar-refractivity contribution in [3.05, 3.63) is 13.3 Å². The quantitative estimate of drug-likeness (QED) is 0.541. The van der Waals surface area contributed by atoms with Crippen LogP contribution in [0.25, 0.3) is 0 Å². The van der Waals surface area contributed by atoms with E-state index in [1.807, 2.05) is 6.92 Å². The summed E-state index contributed by atoms with van der Waals surface area (Å²) >= 11 is 0. The first-order valence-corrected chi connectivity index (χ1v) is 2.96. The van der Waals surface area contributed by atoms with E-state index in [9.17, 15) is 4.79 Å². The topological polar surface area (TPSA) is 17.1 Å². The van der Waals surface area contributed by atoms with Crippen LogP contribution in [0.2, 0.25) is 0 Å². The Labute approximate surface area is 51.1 Å². The molecule has 0 fully saturated rings. The molecule has 0 rings (SSSR count). The Morgan fingerprint density at radius 3 is 2.75 bits per heavy atom. The van der Waals surface area contributed by atoms with Gasteiger partial charge in [-0.1, -0.05) is 20.3 Å². The SMILES string of the molecule is [CH2]CC[CH]C(=O)CC. The molecule has 0 aromatic rings. The lowest BCUT2D eigenvalue weighted by molar-refractivity contribution is -0.115. The lowest BCUT2D eigenvalue weighted by Crippen LogP contribution is -1.94. The average molecular weight is 112 g/mol. The van der Waals surface area contributed by atoms with E-state index in [0.717, 1.165) is 12.8 Å². The second-order valence-electron chi connectivity index (χ2n) is 1.67. The molecular weight excluding hydrogens is 100 g/mol. The highest BCUT2D eigenvalue weighted by Crippen LogP contribution is 1.94. The molecule has 0 aromatic heterocycles. The van der Waals surface area contributed by atoms with Crippen LogP contribution in [-0.2, 0) is 4.79 Å². The lowest BCUT2D eigenvalue weighted by Gasteiger charge is -1.90. The first-order valence-electron chi connectivity index (χ1n) is 2.96. The molecule has 1 nitrogen and oxygen atoms in total. The lowest BCUT2D eigenvalue weighted by atomic mass is 10.1. The van der Waals surface area contributed by atoms with Crippen molar-refractivity contribution in [2.45, 2.75) is 26.2 Å². The zero-order chi connectivity index (χ0) is 6.41. The maximum absolute atomic E-state index is 10.5. The van der Waals surface area contributed by atoms with Gasteiger partial charge in [0.05, 0.1) is 0 Å². The van der Waals surface area contributed by atoms with Crippen LogP contribution in [0.4, 0.5) is 0 Å². The molecule has 0 unspecified atom stereocenters. The van der Waals surface area contributed by atoms with Crippen LogP contribution >= 0.6 is 0 Å². The minimum atomic E-state index is 0.230. The van der Waals surface area contributed by atoms with E-state index in [-0.39, 0.29) is 5.78 Å². The largest absolute Gasteiger partial charge is 0.299 e. The van der Waals surface area contributed by atoms with Crippen LogP contribution in [0.5, 0.6) is 0 Å². The predicted molar refractivity (Wildman–Crippen MR) is 34.2 cm³/mol. The van der Waals surface area contributed by atoms with E-state index in [2.05, 4.69) is 6.92 Å². The van der Waals surface area contributed by atoms with Crippen molar-refractivity contribution in [3.8, 4) is 0 Å². The van der Waals surface area contributed by atoms with Crippen LogP contribution < -0.4 is 0 Å². The fourth-order valence-corrected chi connectivity index (χ4v) is 0.407. The molecule has 0 atom stereocenters. The van der Waals surface area contributed by atoms with Crippen LogP contribution in [0.1, 0.15) is 26.2 Å². The molecule has 0 saturated heterocycles. The van der Waals surface area contributed by atoms with E-state index in [4.69, 9.17) is 0 Å². The minimum absolute atomic E-state index is 0.230. The molecule has 0 saturated carbocycles. The van der Waals surface area contributed by atoms with Gasteiger partial charge in [-0.05, 0) is 6.42 Å². The van der Waals surface area contributed by atoms with Crippen molar-refractivity contribution in [1.29, 1.82) is 0 Å². The molecule has 0 aliphatic rings. The number of unbranched alkanes of at least 4 members (excludes halogenated alkanes) is 1. The number of carbonyl (C=O) groups excluding carboxylic acids is 1. The maximum atomic E-state index is 10.5. The second kappa shape index (κ2) is 4.82. The van der Waals surface area contributed by atoms with Gasteiger partial charge < -0.3 is 0 Å². The zero-order valence-corrected chi connectivity index (χ0v) is 5.31. The molecular formula is C7H12O. The van der Waals surface area contributed by atoms with Crippen molar-refractivity contribution >= 4 is 5.78 Å². The molecule has 0 bridgehead atoms. The Morgan fingerprint density at radius 2 is 2.38 bits per heavy atom. The van der Waals surface area contributed by atoms with Gasteiger partial charge in [0.1, 0.15) is 5.78 Å². The van der Waals surface area contributed by atoms with Crippen LogP contribution in [0.15, 0.2) is 0 Å². The molecule has 0 heterocycles. The smallest absolute Gasteiger partial charge is 0.136 e. The number of ketones is 1. The van der Waals surface area contributed by atoms with Gasteiger partial charge in [-0.2, -0.15) is 0 Å². The van der Waals surface area contributed by atoms with E-state index in [1.54, 1.807) is 6.42 Å². The third kappa shape index (κ3) is 3.85. The molecule has 0 amide bonds. The monoisotopic (exact) mass is 112 g/mol. The summed E-state index contributed by atoms with van der Waals surface area (Å²) in [5.41, 5.74) is 0. The Kier molecular flexibility index (Phi) is 4.62. The first-order chi connectivity index (χ1) is 3.81. The molecule has 0 aliphatic carbocycles. The normalized spacial score (nSPS) is 9.25. The summed E-state index contributed by atoms with van der Waals surface area (Å²) in [6, 6.07) is 0. The van der Waals surface area contributed by atoms with Gasteiger partial charge in [-0.25, -0.2) is 0 Å². The van der Waals surface area contributed by atoms with Crippen molar-refractivity contribution in [3.63, 3.8) is 0 Å². The number of hydrogen-bond donors (Lipinski definition) is 0. The van der Waals surface area contributed by atoms with Crippen LogP contribution in [-0.4, -0.2) is 5.78 Å². The van der Waals surface area contributed by atoms with Crippen molar-refractivity contribution in [2.75, 3.05) is 0 Å². The Hall–Kier alpha value is -0.330. The van der Waals surface area contributed by atoms with Gasteiger partial charge in [-0.3, -0.25) is 4.79 Å². The third-order valence-corrected chi connectivity index (χ3v) is 0.925. The molecule has 8 heavy (non-hydrogen) atoms. The van der Waals surface area contributed by atoms with Gasteiger partial charge in [-0.15, -0.1) is 0 Å². The van der Waals surface area contributed by atoms with E-state index in [1.165, 1.54) is 0 Å². The van der Waals surface area contributed by atoms with Crippen LogP contribution in [0.3, 0.4) is 0 Å². The minimum Gasteiger partial charge on any atom is -0.299 e. The average Bonchev–Trinajstić information content (AvgIpc) is 1.83. The van der Waals surface area contributed by atoms with Crippen molar-refractivity contribution < 1.29 is 4.79 Å². The standard InChI is InChI=1S/C7H12O/c1-3-5-6-7(8)4-2/h6H,1,3-5H2,2H3.